The van der Waals surface area contributed by atoms with Crippen LogP contribution in [0.2, 0.25) is 0 Å². The average Bonchev–Trinajstić information content (AvgIpc) is 1.96. The predicted octanol–water partition coefficient (Wildman–Crippen LogP) is 1.28. The van der Waals surface area contributed by atoms with Crippen molar-refractivity contribution in [3.05, 3.63) is 0 Å². The van der Waals surface area contributed by atoms with Crippen LogP contribution in [0.3, 0.4) is 0 Å². The SMILES string of the molecule is C[C@H](OC(=O)[C@H]1CC(=O)O1)C(C)(C)C. The summed E-state index contributed by atoms with van der Waals surface area (Å²) in [5.74, 6) is -0.776. The molecule has 1 heterocycles. The summed E-state index contributed by atoms with van der Waals surface area (Å²) in [7, 11) is 0. The molecule has 1 aliphatic rings. The first-order chi connectivity index (χ1) is 6.30. The second kappa shape index (κ2) is 3.59. The largest absolute Gasteiger partial charge is 0.459 e. The highest BCUT2D eigenvalue weighted by molar-refractivity contribution is 5.89. The molecule has 1 rings (SSSR count). The van der Waals surface area contributed by atoms with E-state index in [1.54, 1.807) is 0 Å². The van der Waals surface area contributed by atoms with Gasteiger partial charge in [0.05, 0.1) is 6.42 Å². The van der Waals surface area contributed by atoms with Crippen LogP contribution in [0.5, 0.6) is 0 Å². The van der Waals surface area contributed by atoms with Gasteiger partial charge in [-0.25, -0.2) is 4.79 Å². The summed E-state index contributed by atoms with van der Waals surface area (Å²) in [6.45, 7) is 7.78. The van der Waals surface area contributed by atoms with Crippen molar-refractivity contribution in [3.8, 4) is 0 Å². The van der Waals surface area contributed by atoms with Crippen molar-refractivity contribution in [3.63, 3.8) is 0 Å². The molecule has 14 heavy (non-hydrogen) atoms. The van der Waals surface area contributed by atoms with E-state index in [0.717, 1.165) is 0 Å². The van der Waals surface area contributed by atoms with E-state index in [1.165, 1.54) is 0 Å². The van der Waals surface area contributed by atoms with E-state index in [-0.39, 0.29) is 23.9 Å². The Balaban J connectivity index is 2.38. The third kappa shape index (κ3) is 2.47. The van der Waals surface area contributed by atoms with Crippen LogP contribution in [0.15, 0.2) is 0 Å². The summed E-state index contributed by atoms with van der Waals surface area (Å²) in [5.41, 5.74) is -0.0938. The quantitative estimate of drug-likeness (QED) is 0.630. The Hall–Kier alpha value is -1.06. The predicted molar refractivity (Wildman–Crippen MR) is 49.5 cm³/mol. The molecule has 2 atom stereocenters. The molecule has 0 radical (unpaired) electrons. The molecular formula is C10H16O4. The molecular weight excluding hydrogens is 184 g/mol. The molecule has 0 saturated carbocycles. The zero-order chi connectivity index (χ0) is 10.9. The molecule has 0 aliphatic carbocycles. The standard InChI is InChI=1S/C10H16O4/c1-6(10(2,3)4)13-9(12)7-5-8(11)14-7/h6-7H,5H2,1-4H3/t6-,7+/m0/s1. The number of hydrogen-bond acceptors (Lipinski definition) is 4. The van der Waals surface area contributed by atoms with Crippen molar-refractivity contribution in [2.45, 2.75) is 46.3 Å². The number of carbonyl (C=O) groups excluding carboxylic acids is 2. The lowest BCUT2D eigenvalue weighted by Gasteiger charge is -2.30. The molecule has 1 fully saturated rings. The topological polar surface area (TPSA) is 52.6 Å². The highest BCUT2D eigenvalue weighted by Crippen LogP contribution is 2.24. The van der Waals surface area contributed by atoms with Gasteiger partial charge in [0.2, 0.25) is 6.10 Å². The molecule has 1 saturated heterocycles. The van der Waals surface area contributed by atoms with Crippen LogP contribution >= 0.6 is 0 Å². The van der Waals surface area contributed by atoms with Gasteiger partial charge >= 0.3 is 11.9 Å². The van der Waals surface area contributed by atoms with Crippen LogP contribution in [0.1, 0.15) is 34.1 Å². The summed E-state index contributed by atoms with van der Waals surface area (Å²) in [5, 5.41) is 0. The second-order valence-electron chi connectivity index (χ2n) is 4.63. The lowest BCUT2D eigenvalue weighted by atomic mass is 9.90. The van der Waals surface area contributed by atoms with Crippen LogP contribution < -0.4 is 0 Å². The van der Waals surface area contributed by atoms with Gasteiger partial charge in [0, 0.05) is 0 Å². The van der Waals surface area contributed by atoms with Crippen molar-refractivity contribution < 1.29 is 19.1 Å². The maximum atomic E-state index is 11.3. The Morgan fingerprint density at radius 1 is 1.57 bits per heavy atom. The minimum atomic E-state index is -0.674. The van der Waals surface area contributed by atoms with E-state index in [4.69, 9.17) is 4.74 Å². The van der Waals surface area contributed by atoms with Crippen LogP contribution in [-0.4, -0.2) is 24.1 Å². The first-order valence-corrected chi connectivity index (χ1v) is 4.70. The van der Waals surface area contributed by atoms with E-state index < -0.39 is 12.1 Å². The molecule has 0 aromatic carbocycles. The van der Waals surface area contributed by atoms with E-state index in [2.05, 4.69) is 4.74 Å². The van der Waals surface area contributed by atoms with Crippen LogP contribution in [0.4, 0.5) is 0 Å². The van der Waals surface area contributed by atoms with Gasteiger partial charge in [-0.05, 0) is 12.3 Å². The molecule has 4 nitrogen and oxygen atoms in total. The summed E-state index contributed by atoms with van der Waals surface area (Å²) >= 11 is 0. The highest BCUT2D eigenvalue weighted by Gasteiger charge is 2.38. The number of rotatable bonds is 2. The van der Waals surface area contributed by atoms with E-state index in [1.807, 2.05) is 27.7 Å². The van der Waals surface area contributed by atoms with E-state index in [9.17, 15) is 9.59 Å². The monoisotopic (exact) mass is 200 g/mol. The number of ether oxygens (including phenoxy) is 2. The fourth-order valence-electron chi connectivity index (χ4n) is 0.859. The van der Waals surface area contributed by atoms with Crippen LogP contribution in [0.25, 0.3) is 0 Å². The summed E-state index contributed by atoms with van der Waals surface area (Å²) in [6, 6.07) is 0. The Kier molecular flexibility index (Phi) is 2.83. The summed E-state index contributed by atoms with van der Waals surface area (Å²) in [6.07, 6.45) is -0.711. The summed E-state index contributed by atoms with van der Waals surface area (Å²) < 4.78 is 9.75. The second-order valence-corrected chi connectivity index (χ2v) is 4.63. The number of carbonyl (C=O) groups is 2. The van der Waals surface area contributed by atoms with Gasteiger partial charge in [-0.1, -0.05) is 20.8 Å². The molecule has 0 aromatic heterocycles. The molecule has 80 valence electrons. The van der Waals surface area contributed by atoms with Gasteiger partial charge in [-0.3, -0.25) is 4.79 Å². The molecule has 1 aliphatic heterocycles. The molecule has 0 unspecified atom stereocenters. The van der Waals surface area contributed by atoms with Gasteiger partial charge < -0.3 is 9.47 Å². The van der Waals surface area contributed by atoms with Crippen molar-refractivity contribution in [2.24, 2.45) is 5.41 Å². The van der Waals surface area contributed by atoms with Crippen molar-refractivity contribution in [1.82, 2.24) is 0 Å². The van der Waals surface area contributed by atoms with Crippen molar-refractivity contribution >= 4 is 11.9 Å². The highest BCUT2D eigenvalue weighted by atomic mass is 16.6. The van der Waals surface area contributed by atoms with E-state index >= 15 is 0 Å². The lowest BCUT2D eigenvalue weighted by Crippen LogP contribution is -2.43. The van der Waals surface area contributed by atoms with Crippen LogP contribution in [0, 0.1) is 5.41 Å². The van der Waals surface area contributed by atoms with Gasteiger partial charge in [0.15, 0.2) is 0 Å². The van der Waals surface area contributed by atoms with Gasteiger partial charge in [0.25, 0.3) is 0 Å². The zero-order valence-corrected chi connectivity index (χ0v) is 8.99. The van der Waals surface area contributed by atoms with Gasteiger partial charge in [-0.15, -0.1) is 0 Å². The number of cyclic esters (lactones) is 1. The molecule has 0 amide bonds. The third-order valence-electron chi connectivity index (χ3n) is 2.40. The first kappa shape index (κ1) is 11.0. The number of esters is 2. The summed E-state index contributed by atoms with van der Waals surface area (Å²) in [4.78, 5) is 21.8. The minimum absolute atomic E-state index is 0.0938. The Labute approximate surface area is 83.6 Å². The third-order valence-corrected chi connectivity index (χ3v) is 2.40. The molecule has 0 bridgehead atoms. The van der Waals surface area contributed by atoms with E-state index in [0.29, 0.717) is 0 Å². The lowest BCUT2D eigenvalue weighted by molar-refractivity contribution is -0.190. The molecule has 4 heteroatoms. The van der Waals surface area contributed by atoms with Gasteiger partial charge in [0.1, 0.15) is 6.10 Å². The fraction of sp³-hybridized carbons (Fsp3) is 0.800. The van der Waals surface area contributed by atoms with Crippen molar-refractivity contribution in [2.75, 3.05) is 0 Å². The Bertz CT molecular complexity index is 243. The average molecular weight is 200 g/mol. The fourth-order valence-corrected chi connectivity index (χ4v) is 0.859. The Morgan fingerprint density at radius 3 is 2.43 bits per heavy atom. The van der Waals surface area contributed by atoms with Crippen LogP contribution in [-0.2, 0) is 19.1 Å². The number of hydrogen-bond donors (Lipinski definition) is 0. The minimum Gasteiger partial charge on any atom is -0.459 e. The maximum Gasteiger partial charge on any atom is 0.348 e. The van der Waals surface area contributed by atoms with Crippen molar-refractivity contribution in [1.29, 1.82) is 0 Å². The normalized spacial score (nSPS) is 23.4. The molecule has 0 N–H and O–H groups in total. The zero-order valence-electron chi connectivity index (χ0n) is 8.99. The molecule has 0 spiro atoms. The maximum absolute atomic E-state index is 11.3. The molecule has 0 aromatic rings. The van der Waals surface area contributed by atoms with Gasteiger partial charge in [-0.2, -0.15) is 0 Å². The Morgan fingerprint density at radius 2 is 2.07 bits per heavy atom. The smallest absolute Gasteiger partial charge is 0.348 e. The first-order valence-electron chi connectivity index (χ1n) is 4.70.